The van der Waals surface area contributed by atoms with Gasteiger partial charge < -0.3 is 24.0 Å². The highest BCUT2D eigenvalue weighted by molar-refractivity contribution is 7.69. The predicted molar refractivity (Wildman–Crippen MR) is 202 cm³/mol. The van der Waals surface area contributed by atoms with Crippen LogP contribution in [-0.4, -0.2) is 119 Å². The SMILES string of the molecule is COCCn1ncc(-c2ccc(-c3cnc(C(=O)Nc4ccc(C(=O)N5CCC(N(C6CC[N+](C)(C)CC6)[SH](=O)=O)CC5)c(Cl)c4)n3C)c(F)c2F)c1C. The van der Waals surface area contributed by atoms with Crippen molar-refractivity contribution >= 4 is 40.0 Å². The first-order valence-corrected chi connectivity index (χ1v) is 19.4. The van der Waals surface area contributed by atoms with Gasteiger partial charge >= 0.3 is 0 Å². The summed E-state index contributed by atoms with van der Waals surface area (Å²) in [5.41, 5.74) is 1.85. The number of nitrogens with one attached hydrogen (secondary N) is 1. The minimum atomic E-state index is -2.75. The highest BCUT2D eigenvalue weighted by atomic mass is 35.5. The number of ether oxygens (including phenoxy) is 1. The van der Waals surface area contributed by atoms with Crippen molar-refractivity contribution in [1.29, 1.82) is 0 Å². The molecule has 2 saturated heterocycles. The topological polar surface area (TPSA) is 132 Å². The zero-order valence-electron chi connectivity index (χ0n) is 31.0. The number of nitrogens with zero attached hydrogens (tertiary/aromatic N) is 7. The summed E-state index contributed by atoms with van der Waals surface area (Å²) in [7, 11) is 4.65. The Morgan fingerprint density at radius 1 is 1.00 bits per heavy atom. The number of piperidine rings is 2. The summed E-state index contributed by atoms with van der Waals surface area (Å²) in [5.74, 6) is -3.11. The second-order valence-corrected chi connectivity index (χ2v) is 15.9. The van der Waals surface area contributed by atoms with E-state index >= 15 is 8.78 Å². The van der Waals surface area contributed by atoms with Crippen LogP contribution in [0.15, 0.2) is 42.7 Å². The van der Waals surface area contributed by atoms with Crippen LogP contribution < -0.4 is 5.32 Å². The summed E-state index contributed by atoms with van der Waals surface area (Å²) in [5, 5.41) is 7.11. The predicted octanol–water partition coefficient (Wildman–Crippen LogP) is 4.76. The van der Waals surface area contributed by atoms with E-state index in [2.05, 4.69) is 29.5 Å². The van der Waals surface area contributed by atoms with Gasteiger partial charge in [0.2, 0.25) is 10.9 Å². The maximum atomic E-state index is 15.5. The number of hydrogen-bond donors (Lipinski definition) is 2. The van der Waals surface area contributed by atoms with Gasteiger partial charge in [0.15, 0.2) is 17.5 Å². The van der Waals surface area contributed by atoms with E-state index in [1.54, 1.807) is 34.0 Å². The maximum absolute atomic E-state index is 15.5. The second kappa shape index (κ2) is 16.3. The summed E-state index contributed by atoms with van der Waals surface area (Å²) in [6.07, 6.45) is 5.46. The molecule has 0 radical (unpaired) electrons. The van der Waals surface area contributed by atoms with Crippen molar-refractivity contribution in [2.24, 2.45) is 7.05 Å². The van der Waals surface area contributed by atoms with Gasteiger partial charge in [0, 0.05) is 80.2 Å². The zero-order valence-corrected chi connectivity index (χ0v) is 32.7. The third-order valence-corrected chi connectivity index (χ3v) is 12.1. The van der Waals surface area contributed by atoms with E-state index in [0.29, 0.717) is 56.0 Å². The minimum Gasteiger partial charge on any atom is -0.383 e. The van der Waals surface area contributed by atoms with Crippen LogP contribution >= 0.6 is 11.6 Å². The number of methoxy groups -OCH3 is 1. The molecule has 2 aliphatic heterocycles. The van der Waals surface area contributed by atoms with Gasteiger partial charge in [-0.15, -0.1) is 0 Å². The van der Waals surface area contributed by atoms with Crippen molar-refractivity contribution in [1.82, 2.24) is 28.5 Å². The summed E-state index contributed by atoms with van der Waals surface area (Å²) < 4.78 is 66.3. The number of imidazole rings is 1. The molecule has 1 N–H and O–H groups in total. The number of thiol groups is 1. The van der Waals surface area contributed by atoms with Crippen molar-refractivity contribution in [3.05, 3.63) is 76.5 Å². The molecular weight excluding hydrogens is 742 g/mol. The monoisotopic (exact) mass is 787 g/mol. The summed E-state index contributed by atoms with van der Waals surface area (Å²) in [6.45, 7) is 5.27. The lowest BCUT2D eigenvalue weighted by Gasteiger charge is -2.43. The number of amides is 2. The first-order valence-electron chi connectivity index (χ1n) is 17.9. The Labute approximate surface area is 320 Å². The molecule has 6 rings (SSSR count). The van der Waals surface area contributed by atoms with Gasteiger partial charge in [0.05, 0.1) is 69.0 Å². The third-order valence-electron chi connectivity index (χ3n) is 10.7. The fourth-order valence-electron chi connectivity index (χ4n) is 7.48. The average molecular weight is 788 g/mol. The molecule has 0 atom stereocenters. The molecule has 0 unspecified atom stereocenters. The first-order chi connectivity index (χ1) is 25.7. The number of hydrogen-bond acceptors (Lipinski definition) is 7. The van der Waals surface area contributed by atoms with Crippen LogP contribution in [0.4, 0.5) is 14.5 Å². The Morgan fingerprint density at radius 2 is 1.65 bits per heavy atom. The van der Waals surface area contributed by atoms with Gasteiger partial charge in [-0.3, -0.25) is 14.3 Å². The van der Waals surface area contributed by atoms with Gasteiger partial charge in [0.25, 0.3) is 11.8 Å². The highest BCUT2D eigenvalue weighted by Gasteiger charge is 2.37. The van der Waals surface area contributed by atoms with E-state index in [9.17, 15) is 18.0 Å². The van der Waals surface area contributed by atoms with Crippen LogP contribution in [0.3, 0.4) is 0 Å². The number of rotatable bonds is 11. The molecule has 0 aliphatic carbocycles. The third kappa shape index (κ3) is 8.08. The summed E-state index contributed by atoms with van der Waals surface area (Å²) in [4.78, 5) is 32.6. The van der Waals surface area contributed by atoms with E-state index in [1.165, 1.54) is 48.3 Å². The van der Waals surface area contributed by atoms with E-state index in [1.807, 2.05) is 0 Å². The lowest BCUT2D eigenvalue weighted by Crippen LogP contribution is -2.55. The van der Waals surface area contributed by atoms with Crippen LogP contribution in [0.1, 0.15) is 52.4 Å². The molecule has 0 spiro atoms. The van der Waals surface area contributed by atoms with Crippen molar-refractivity contribution in [3.63, 3.8) is 0 Å². The smallest absolute Gasteiger partial charge is 0.291 e. The van der Waals surface area contributed by atoms with Crippen molar-refractivity contribution < 1.29 is 36.0 Å². The molecule has 4 aromatic rings. The van der Waals surface area contributed by atoms with Gasteiger partial charge in [-0.1, -0.05) is 17.7 Å². The molecule has 2 aliphatic rings. The molecule has 54 heavy (non-hydrogen) atoms. The molecule has 4 heterocycles. The molecule has 2 aromatic carbocycles. The lowest BCUT2D eigenvalue weighted by molar-refractivity contribution is -0.895. The van der Waals surface area contributed by atoms with Crippen LogP contribution in [-0.2, 0) is 29.2 Å². The molecule has 290 valence electrons. The fraction of sp³-hybridized carbons (Fsp3) is 0.459. The van der Waals surface area contributed by atoms with E-state index in [-0.39, 0.29) is 51.2 Å². The normalized spacial score (nSPS) is 16.7. The van der Waals surface area contributed by atoms with Crippen molar-refractivity contribution in [2.75, 3.05) is 59.3 Å². The van der Waals surface area contributed by atoms with E-state index in [0.717, 1.165) is 30.4 Å². The standard InChI is InChI=1S/C37H45ClF2N8O5S/c1-23-30(21-42-46(23)16-19-53-5)27-8-9-29(34(40)33(27)39)32-22-41-35(44(32)2)36(49)43-24-6-7-28(31(38)20-24)37(50)45-14-10-25(11-15-45)47(54(51)52)26-12-17-48(3,4)18-13-26/h6-9,20-22,25-26,54H,10-19H2,1-5H3/p+1. The minimum absolute atomic E-state index is 0.0201. The maximum Gasteiger partial charge on any atom is 0.291 e. The Hall–Kier alpha value is -4.22. The van der Waals surface area contributed by atoms with Crippen LogP contribution in [0, 0.1) is 18.6 Å². The number of likely N-dealkylation sites (tertiary alicyclic amines) is 2. The number of anilines is 1. The zero-order chi connectivity index (χ0) is 38.9. The molecule has 2 amide bonds. The molecule has 2 aromatic heterocycles. The molecule has 17 heteroatoms. The molecule has 13 nitrogen and oxygen atoms in total. The van der Waals surface area contributed by atoms with Crippen molar-refractivity contribution in [3.8, 4) is 22.4 Å². The van der Waals surface area contributed by atoms with Gasteiger partial charge in [0.1, 0.15) is 0 Å². The lowest BCUT2D eigenvalue weighted by atomic mass is 9.98. The van der Waals surface area contributed by atoms with Crippen molar-refractivity contribution in [2.45, 2.75) is 51.2 Å². The fourth-order valence-corrected chi connectivity index (χ4v) is 8.74. The number of halogens is 3. The Kier molecular flexibility index (Phi) is 11.9. The van der Waals surface area contributed by atoms with Gasteiger partial charge in [-0.2, -0.15) is 9.40 Å². The van der Waals surface area contributed by atoms with Gasteiger partial charge in [-0.25, -0.2) is 22.2 Å². The van der Waals surface area contributed by atoms with E-state index in [4.69, 9.17) is 16.3 Å². The number of quaternary nitrogens is 1. The van der Waals surface area contributed by atoms with Crippen LogP contribution in [0.25, 0.3) is 22.4 Å². The summed E-state index contributed by atoms with van der Waals surface area (Å²) in [6, 6.07) is 7.27. The Morgan fingerprint density at radius 3 is 2.30 bits per heavy atom. The molecule has 2 fully saturated rings. The summed E-state index contributed by atoms with van der Waals surface area (Å²) >= 11 is 6.56. The Bertz CT molecular complexity index is 2110. The van der Waals surface area contributed by atoms with Gasteiger partial charge in [-0.05, 0) is 44.0 Å². The Balaban J connectivity index is 1.10. The second-order valence-electron chi connectivity index (χ2n) is 14.6. The van der Waals surface area contributed by atoms with Crippen LogP contribution in [0.2, 0.25) is 5.02 Å². The quantitative estimate of drug-likeness (QED) is 0.166. The molecule has 0 bridgehead atoms. The van der Waals surface area contributed by atoms with Crippen LogP contribution in [0.5, 0.6) is 0 Å². The number of aromatic nitrogens is 4. The average Bonchev–Trinajstić information content (AvgIpc) is 3.70. The molecular formula is C37H46ClF2N8O5S+. The number of carbonyl (C=O) groups is 2. The molecule has 0 saturated carbocycles. The highest BCUT2D eigenvalue weighted by Crippen LogP contribution is 2.34. The van der Waals surface area contributed by atoms with E-state index < -0.39 is 28.4 Å². The number of carbonyl (C=O) groups excluding carboxylic acids is 2. The number of benzene rings is 2. The largest absolute Gasteiger partial charge is 0.383 e. The first kappa shape index (κ1) is 39.5.